The number of rotatable bonds is 5. The van der Waals surface area contributed by atoms with Crippen molar-refractivity contribution in [1.82, 2.24) is 5.32 Å². The van der Waals surface area contributed by atoms with Crippen LogP contribution in [0.15, 0.2) is 53.0 Å². The van der Waals surface area contributed by atoms with Crippen molar-refractivity contribution in [2.24, 2.45) is 0 Å². The Morgan fingerprint density at radius 1 is 1.04 bits per heavy atom. The van der Waals surface area contributed by atoms with Gasteiger partial charge in [-0.15, -0.1) is 0 Å². The molecule has 0 aliphatic rings. The largest absolute Gasteiger partial charge is 0.496 e. The van der Waals surface area contributed by atoms with Crippen LogP contribution in [0.5, 0.6) is 5.75 Å². The van der Waals surface area contributed by atoms with Crippen molar-refractivity contribution in [2.75, 3.05) is 7.11 Å². The number of nitrogens with one attached hydrogen (secondary N) is 1. The number of halogens is 1. The maximum absolute atomic E-state index is 9.10. The maximum Gasteiger partial charge on any atom is 0.414 e. The van der Waals surface area contributed by atoms with Gasteiger partial charge in [0.05, 0.1) is 7.11 Å². The summed E-state index contributed by atoms with van der Waals surface area (Å²) in [6.07, 6.45) is 0. The van der Waals surface area contributed by atoms with Crippen LogP contribution in [0.25, 0.3) is 0 Å². The Morgan fingerprint density at radius 3 is 2.29 bits per heavy atom. The van der Waals surface area contributed by atoms with Crippen LogP contribution in [0.1, 0.15) is 11.1 Å². The highest BCUT2D eigenvalue weighted by atomic mass is 79.9. The molecule has 0 aliphatic carbocycles. The van der Waals surface area contributed by atoms with Gasteiger partial charge >= 0.3 is 11.9 Å². The lowest BCUT2D eigenvalue weighted by molar-refractivity contribution is -0.159. The molecular weight excluding hydrogens is 378 g/mol. The van der Waals surface area contributed by atoms with Crippen LogP contribution in [0.3, 0.4) is 0 Å². The summed E-state index contributed by atoms with van der Waals surface area (Å²) in [6.45, 7) is 1.65. The van der Waals surface area contributed by atoms with E-state index in [-0.39, 0.29) is 0 Å². The molecule has 6 nitrogen and oxygen atoms in total. The van der Waals surface area contributed by atoms with Gasteiger partial charge in [0.2, 0.25) is 0 Å². The summed E-state index contributed by atoms with van der Waals surface area (Å²) in [6, 6.07) is 16.4. The average Bonchev–Trinajstić information content (AvgIpc) is 2.56. The predicted octanol–water partition coefficient (Wildman–Crippen LogP) is 2.90. The number of hydrogen-bond acceptors (Lipinski definition) is 4. The van der Waals surface area contributed by atoms with Crippen molar-refractivity contribution < 1.29 is 24.5 Å². The third-order valence-electron chi connectivity index (χ3n) is 2.91. The van der Waals surface area contributed by atoms with Gasteiger partial charge in [-0.1, -0.05) is 46.3 Å². The van der Waals surface area contributed by atoms with Crippen molar-refractivity contribution in [1.29, 1.82) is 0 Å². The number of hydrogen-bond donors (Lipinski definition) is 3. The molecule has 0 aromatic heterocycles. The van der Waals surface area contributed by atoms with Gasteiger partial charge in [0.25, 0.3) is 0 Å². The second-order valence-corrected chi connectivity index (χ2v) is 5.57. The zero-order valence-electron chi connectivity index (χ0n) is 13.0. The first-order valence-corrected chi connectivity index (χ1v) is 7.76. The van der Waals surface area contributed by atoms with Gasteiger partial charge in [0.1, 0.15) is 5.75 Å². The molecule has 0 unspecified atom stereocenters. The van der Waals surface area contributed by atoms with Gasteiger partial charge < -0.3 is 20.3 Å². The first-order chi connectivity index (χ1) is 11.4. The lowest BCUT2D eigenvalue weighted by Gasteiger charge is -2.09. The summed E-state index contributed by atoms with van der Waals surface area (Å²) in [5.74, 6) is -2.72. The number of aliphatic carboxylic acids is 2. The molecule has 0 aliphatic heterocycles. The summed E-state index contributed by atoms with van der Waals surface area (Å²) in [5, 5.41) is 18.2. The Morgan fingerprint density at radius 2 is 1.71 bits per heavy atom. The minimum atomic E-state index is -1.82. The van der Waals surface area contributed by atoms with E-state index in [1.807, 2.05) is 30.3 Å². The standard InChI is InChI=1S/C15H16BrNO.C2H2O4/c1-18-15-8-3-2-6-13(15)11-17-10-12-5-4-7-14(16)9-12;3-1(4)2(5)6/h2-9,17H,10-11H2,1H3;(H,3,4)(H,5,6). The number of benzene rings is 2. The van der Waals surface area contributed by atoms with Crippen LogP contribution < -0.4 is 10.1 Å². The van der Waals surface area contributed by atoms with Crippen molar-refractivity contribution in [2.45, 2.75) is 13.1 Å². The van der Waals surface area contributed by atoms with Gasteiger partial charge in [-0.2, -0.15) is 0 Å². The van der Waals surface area contributed by atoms with Gasteiger partial charge in [-0.25, -0.2) is 9.59 Å². The Balaban J connectivity index is 0.000000413. The van der Waals surface area contributed by atoms with Gasteiger partial charge in [-0.05, 0) is 23.8 Å². The molecule has 128 valence electrons. The van der Waals surface area contributed by atoms with Gasteiger partial charge in [0, 0.05) is 23.1 Å². The molecule has 0 atom stereocenters. The Kier molecular flexibility index (Phi) is 8.53. The third kappa shape index (κ3) is 7.26. The van der Waals surface area contributed by atoms with E-state index >= 15 is 0 Å². The molecule has 0 radical (unpaired) electrons. The molecule has 24 heavy (non-hydrogen) atoms. The molecule has 2 rings (SSSR count). The van der Waals surface area contributed by atoms with E-state index < -0.39 is 11.9 Å². The minimum Gasteiger partial charge on any atom is -0.496 e. The highest BCUT2D eigenvalue weighted by Crippen LogP contribution is 2.17. The molecule has 3 N–H and O–H groups in total. The van der Waals surface area contributed by atoms with Crippen LogP contribution in [-0.4, -0.2) is 29.3 Å². The highest BCUT2D eigenvalue weighted by molar-refractivity contribution is 9.10. The van der Waals surface area contributed by atoms with E-state index in [1.54, 1.807) is 7.11 Å². The number of carbonyl (C=O) groups is 2. The second kappa shape index (κ2) is 10.4. The monoisotopic (exact) mass is 395 g/mol. The fraction of sp³-hybridized carbons (Fsp3) is 0.176. The Hall–Kier alpha value is -2.38. The van der Waals surface area contributed by atoms with Crippen LogP contribution in [0, 0.1) is 0 Å². The summed E-state index contributed by atoms with van der Waals surface area (Å²) in [7, 11) is 1.70. The molecule has 0 heterocycles. The molecule has 2 aromatic carbocycles. The molecule has 0 spiro atoms. The topological polar surface area (TPSA) is 95.9 Å². The van der Waals surface area contributed by atoms with Crippen molar-refractivity contribution in [3.05, 3.63) is 64.1 Å². The molecule has 7 heteroatoms. The number of para-hydroxylation sites is 1. The zero-order chi connectivity index (χ0) is 17.9. The first kappa shape index (κ1) is 19.7. The zero-order valence-corrected chi connectivity index (χ0v) is 14.6. The van der Waals surface area contributed by atoms with E-state index in [0.717, 1.165) is 23.3 Å². The predicted molar refractivity (Wildman–Crippen MR) is 93.0 cm³/mol. The average molecular weight is 396 g/mol. The molecule has 0 amide bonds. The van der Waals surface area contributed by atoms with Crippen molar-refractivity contribution in [3.8, 4) is 5.75 Å². The summed E-state index contributed by atoms with van der Waals surface area (Å²) < 4.78 is 6.43. The van der Waals surface area contributed by atoms with Crippen LogP contribution in [0.2, 0.25) is 0 Å². The molecule has 0 saturated carbocycles. The van der Waals surface area contributed by atoms with Gasteiger partial charge in [0.15, 0.2) is 0 Å². The van der Waals surface area contributed by atoms with E-state index in [9.17, 15) is 0 Å². The fourth-order valence-electron chi connectivity index (χ4n) is 1.84. The quantitative estimate of drug-likeness (QED) is 0.673. The van der Waals surface area contributed by atoms with Crippen molar-refractivity contribution >= 4 is 27.9 Å². The molecule has 0 bridgehead atoms. The smallest absolute Gasteiger partial charge is 0.414 e. The Bertz CT molecular complexity index is 678. The summed E-state index contributed by atoms with van der Waals surface area (Å²) in [5.41, 5.74) is 2.44. The van der Waals surface area contributed by atoms with Crippen molar-refractivity contribution in [3.63, 3.8) is 0 Å². The minimum absolute atomic E-state index is 0.802. The summed E-state index contributed by atoms with van der Waals surface area (Å²) in [4.78, 5) is 18.2. The fourth-order valence-corrected chi connectivity index (χ4v) is 2.28. The lowest BCUT2D eigenvalue weighted by Crippen LogP contribution is -2.13. The second-order valence-electron chi connectivity index (χ2n) is 4.66. The summed E-state index contributed by atoms with van der Waals surface area (Å²) >= 11 is 3.47. The van der Waals surface area contributed by atoms with E-state index in [4.69, 9.17) is 24.5 Å². The van der Waals surface area contributed by atoms with E-state index in [2.05, 4.69) is 39.4 Å². The normalized spacial score (nSPS) is 9.58. The SMILES string of the molecule is COc1ccccc1CNCc1cccc(Br)c1.O=C(O)C(=O)O. The van der Waals surface area contributed by atoms with Gasteiger partial charge in [-0.3, -0.25) is 0 Å². The third-order valence-corrected chi connectivity index (χ3v) is 3.40. The highest BCUT2D eigenvalue weighted by Gasteiger charge is 2.04. The van der Waals surface area contributed by atoms with Crippen LogP contribution in [0.4, 0.5) is 0 Å². The molecule has 2 aromatic rings. The number of methoxy groups -OCH3 is 1. The maximum atomic E-state index is 9.10. The number of carboxylic acid groups (broad SMARTS) is 2. The Labute approximate surface area is 148 Å². The lowest BCUT2D eigenvalue weighted by atomic mass is 10.2. The number of carboxylic acids is 2. The molecular formula is C17H18BrNO5. The first-order valence-electron chi connectivity index (χ1n) is 6.97. The van der Waals surface area contributed by atoms with E-state index in [1.165, 1.54) is 11.1 Å². The van der Waals surface area contributed by atoms with E-state index in [0.29, 0.717) is 0 Å². The molecule has 0 fully saturated rings. The molecule has 0 saturated heterocycles. The number of ether oxygens (including phenoxy) is 1. The van der Waals surface area contributed by atoms with Crippen LogP contribution in [-0.2, 0) is 22.7 Å². The van der Waals surface area contributed by atoms with Crippen LogP contribution >= 0.6 is 15.9 Å².